The highest BCUT2D eigenvalue weighted by atomic mass is 31.2. The first-order valence-corrected chi connectivity index (χ1v) is 5.74. The Morgan fingerprint density at radius 3 is 1.71 bits per heavy atom. The second kappa shape index (κ2) is 4.43. The van der Waals surface area contributed by atoms with E-state index < -0.39 is 24.6 Å². The first-order chi connectivity index (χ1) is 6.19. The molecule has 0 aliphatic heterocycles. The second-order valence-electron chi connectivity index (χ2n) is 4.01. The van der Waals surface area contributed by atoms with E-state index in [0.717, 1.165) is 0 Å². The van der Waals surface area contributed by atoms with Crippen LogP contribution >= 0.6 is 7.60 Å². The maximum Gasteiger partial charge on any atom is 0.344 e. The zero-order valence-electron chi connectivity index (χ0n) is 9.10. The number of hydrogen-bond acceptors (Lipinski definition) is 4. The van der Waals surface area contributed by atoms with E-state index in [4.69, 9.17) is 5.11 Å². The summed E-state index contributed by atoms with van der Waals surface area (Å²) in [6.45, 7) is 5.03. The summed E-state index contributed by atoms with van der Waals surface area (Å²) in [6.07, 6.45) is 0. The van der Waals surface area contributed by atoms with E-state index in [1.165, 1.54) is 14.2 Å². The first-order valence-electron chi connectivity index (χ1n) is 4.13. The number of rotatable bonds is 4. The average Bonchev–Trinajstić information content (AvgIpc) is 2.00. The Labute approximate surface area is 83.9 Å². The van der Waals surface area contributed by atoms with Crippen molar-refractivity contribution in [2.24, 2.45) is 5.41 Å². The molecule has 1 N–H and O–H groups in total. The van der Waals surface area contributed by atoms with Crippen molar-refractivity contribution in [3.63, 3.8) is 0 Å². The van der Waals surface area contributed by atoms with Crippen LogP contribution in [-0.2, 0) is 18.4 Å². The minimum absolute atomic E-state index is 0.687. The van der Waals surface area contributed by atoms with Crippen molar-refractivity contribution >= 4 is 13.6 Å². The Balaban J connectivity index is 5.22. The van der Waals surface area contributed by atoms with E-state index >= 15 is 0 Å². The second-order valence-corrected chi connectivity index (χ2v) is 6.34. The lowest BCUT2D eigenvalue weighted by Gasteiger charge is -2.31. The molecule has 0 aromatic heterocycles. The summed E-state index contributed by atoms with van der Waals surface area (Å²) in [4.78, 5) is 11.0. The van der Waals surface area contributed by atoms with Crippen LogP contribution in [0.4, 0.5) is 0 Å². The third-order valence-corrected chi connectivity index (χ3v) is 4.53. The minimum Gasteiger partial charge on any atom is -0.481 e. The summed E-state index contributed by atoms with van der Waals surface area (Å²) in [5, 5.41) is 8.97. The van der Waals surface area contributed by atoms with Gasteiger partial charge < -0.3 is 14.2 Å². The Hall–Kier alpha value is -0.380. The molecule has 0 radical (unpaired) electrons. The third kappa shape index (κ3) is 2.80. The first kappa shape index (κ1) is 13.6. The summed E-state index contributed by atoms with van der Waals surface area (Å²) < 4.78 is 21.3. The zero-order valence-corrected chi connectivity index (χ0v) is 10.00. The van der Waals surface area contributed by atoms with Crippen molar-refractivity contribution in [1.29, 1.82) is 0 Å². The molecule has 84 valence electrons. The van der Waals surface area contributed by atoms with Gasteiger partial charge in [0, 0.05) is 14.2 Å². The van der Waals surface area contributed by atoms with E-state index in [1.807, 2.05) is 0 Å². The SMILES string of the molecule is COP(=O)(OC)C(C(=O)O)C(C)(C)C. The molecule has 0 bridgehead atoms. The molecule has 0 saturated heterocycles. The minimum atomic E-state index is -3.57. The summed E-state index contributed by atoms with van der Waals surface area (Å²) in [5.41, 5.74) is -1.85. The highest BCUT2D eigenvalue weighted by molar-refractivity contribution is 7.55. The highest BCUT2D eigenvalue weighted by Gasteiger charge is 2.47. The molecule has 0 rings (SSSR count). The van der Waals surface area contributed by atoms with E-state index in [2.05, 4.69) is 9.05 Å². The van der Waals surface area contributed by atoms with E-state index in [9.17, 15) is 9.36 Å². The van der Waals surface area contributed by atoms with Crippen LogP contribution in [0.1, 0.15) is 20.8 Å². The van der Waals surface area contributed by atoms with Crippen LogP contribution in [-0.4, -0.2) is 31.0 Å². The van der Waals surface area contributed by atoms with Gasteiger partial charge in [-0.15, -0.1) is 0 Å². The molecule has 6 heteroatoms. The van der Waals surface area contributed by atoms with Gasteiger partial charge >= 0.3 is 13.6 Å². The smallest absolute Gasteiger partial charge is 0.344 e. The number of carbonyl (C=O) groups is 1. The third-order valence-electron chi connectivity index (χ3n) is 1.88. The monoisotopic (exact) mass is 224 g/mol. The summed E-state index contributed by atoms with van der Waals surface area (Å²) in [7, 11) is -1.20. The van der Waals surface area contributed by atoms with Crippen molar-refractivity contribution in [3.8, 4) is 0 Å². The lowest BCUT2D eigenvalue weighted by Crippen LogP contribution is -2.35. The Bertz CT molecular complexity index is 247. The molecule has 0 saturated carbocycles. The molecule has 14 heavy (non-hydrogen) atoms. The quantitative estimate of drug-likeness (QED) is 0.739. The van der Waals surface area contributed by atoms with E-state index in [0.29, 0.717) is 0 Å². The normalized spacial score (nSPS) is 15.2. The fourth-order valence-corrected chi connectivity index (χ4v) is 3.06. The molecule has 0 aromatic rings. The van der Waals surface area contributed by atoms with Crippen molar-refractivity contribution in [1.82, 2.24) is 0 Å². The molecule has 1 unspecified atom stereocenters. The van der Waals surface area contributed by atoms with Crippen LogP contribution in [0.2, 0.25) is 0 Å². The molecule has 5 nitrogen and oxygen atoms in total. The molecule has 0 amide bonds. The van der Waals surface area contributed by atoms with E-state index in [1.54, 1.807) is 20.8 Å². The zero-order chi connectivity index (χ0) is 11.6. The largest absolute Gasteiger partial charge is 0.481 e. The van der Waals surface area contributed by atoms with Crippen molar-refractivity contribution < 1.29 is 23.5 Å². The molecular formula is C8H17O5P. The predicted molar refractivity (Wildman–Crippen MR) is 52.5 cm³/mol. The van der Waals surface area contributed by atoms with Gasteiger partial charge in [0.25, 0.3) is 0 Å². The van der Waals surface area contributed by atoms with Gasteiger partial charge in [-0.2, -0.15) is 0 Å². The van der Waals surface area contributed by atoms with Crippen LogP contribution < -0.4 is 0 Å². The van der Waals surface area contributed by atoms with Crippen LogP contribution in [0.25, 0.3) is 0 Å². The Kier molecular flexibility index (Phi) is 4.31. The summed E-state index contributed by atoms with van der Waals surface area (Å²) in [5.74, 6) is -1.18. The average molecular weight is 224 g/mol. The standard InChI is InChI=1S/C8H17O5P/c1-8(2,3)6(7(9)10)14(11,12-4)13-5/h6H,1-5H3,(H,9,10). The van der Waals surface area contributed by atoms with Crippen LogP contribution in [0.5, 0.6) is 0 Å². The van der Waals surface area contributed by atoms with Gasteiger partial charge in [-0.3, -0.25) is 9.36 Å². The van der Waals surface area contributed by atoms with Crippen LogP contribution in [0.3, 0.4) is 0 Å². The molecule has 0 aliphatic rings. The molecular weight excluding hydrogens is 207 g/mol. The van der Waals surface area contributed by atoms with Crippen LogP contribution in [0, 0.1) is 5.41 Å². The topological polar surface area (TPSA) is 72.8 Å². The number of carboxylic acid groups (broad SMARTS) is 1. The Morgan fingerprint density at radius 1 is 1.29 bits per heavy atom. The lowest BCUT2D eigenvalue weighted by molar-refractivity contribution is -0.139. The van der Waals surface area contributed by atoms with Crippen molar-refractivity contribution in [3.05, 3.63) is 0 Å². The molecule has 0 aliphatic carbocycles. The predicted octanol–water partition coefficient (Wildman–Crippen LogP) is 1.97. The fourth-order valence-electron chi connectivity index (χ4n) is 1.27. The van der Waals surface area contributed by atoms with Crippen molar-refractivity contribution in [2.75, 3.05) is 14.2 Å². The highest BCUT2D eigenvalue weighted by Crippen LogP contribution is 2.57. The number of carboxylic acids is 1. The van der Waals surface area contributed by atoms with Gasteiger partial charge in [0.05, 0.1) is 0 Å². The molecule has 1 atom stereocenters. The van der Waals surface area contributed by atoms with Gasteiger partial charge in [0.1, 0.15) is 0 Å². The van der Waals surface area contributed by atoms with Gasteiger partial charge in [-0.25, -0.2) is 0 Å². The molecule has 0 heterocycles. The van der Waals surface area contributed by atoms with Crippen LogP contribution in [0.15, 0.2) is 0 Å². The van der Waals surface area contributed by atoms with E-state index in [-0.39, 0.29) is 0 Å². The molecule has 0 spiro atoms. The van der Waals surface area contributed by atoms with Gasteiger partial charge in [0.15, 0.2) is 5.66 Å². The molecule has 0 fully saturated rings. The van der Waals surface area contributed by atoms with Gasteiger partial charge in [0.2, 0.25) is 0 Å². The summed E-state index contributed by atoms with van der Waals surface area (Å²) >= 11 is 0. The van der Waals surface area contributed by atoms with Crippen molar-refractivity contribution in [2.45, 2.75) is 26.4 Å². The van der Waals surface area contributed by atoms with Gasteiger partial charge in [-0.05, 0) is 5.41 Å². The Morgan fingerprint density at radius 2 is 1.64 bits per heavy atom. The molecule has 0 aromatic carbocycles. The summed E-state index contributed by atoms with van der Waals surface area (Å²) in [6, 6.07) is 0. The number of aliphatic carboxylic acids is 1. The maximum atomic E-state index is 11.9. The fraction of sp³-hybridized carbons (Fsp3) is 0.875. The van der Waals surface area contributed by atoms with Gasteiger partial charge in [-0.1, -0.05) is 20.8 Å². The lowest BCUT2D eigenvalue weighted by atomic mass is 9.92. The maximum absolute atomic E-state index is 11.9. The number of hydrogen-bond donors (Lipinski definition) is 1.